The van der Waals surface area contributed by atoms with Gasteiger partial charge in [-0.3, -0.25) is 9.36 Å². The summed E-state index contributed by atoms with van der Waals surface area (Å²) in [5.74, 6) is 0.661. The molecule has 2 aliphatic heterocycles. The first kappa shape index (κ1) is 21.5. The van der Waals surface area contributed by atoms with Crippen molar-refractivity contribution in [2.75, 3.05) is 13.4 Å². The van der Waals surface area contributed by atoms with E-state index in [1.54, 1.807) is 38.1 Å². The van der Waals surface area contributed by atoms with Crippen LogP contribution < -0.4 is 24.4 Å². The van der Waals surface area contributed by atoms with Crippen molar-refractivity contribution in [1.29, 1.82) is 0 Å². The lowest BCUT2D eigenvalue weighted by Gasteiger charge is -2.24. The Morgan fingerprint density at radius 1 is 1.27 bits per heavy atom. The fraction of sp³-hybridized carbons (Fsp3) is 0.208. The first-order valence-electron chi connectivity index (χ1n) is 10.3. The number of hydrogen-bond acceptors (Lipinski definition) is 7. The van der Waals surface area contributed by atoms with E-state index in [0.717, 1.165) is 5.56 Å². The molecule has 168 valence electrons. The quantitative estimate of drug-likeness (QED) is 0.534. The second-order valence-corrected chi connectivity index (χ2v) is 8.85. The molecule has 33 heavy (non-hydrogen) atoms. The monoisotopic (exact) mass is 482 g/mol. The number of thiazole rings is 1. The molecule has 0 bridgehead atoms. The Hall–Kier alpha value is -3.36. The number of halogens is 1. The summed E-state index contributed by atoms with van der Waals surface area (Å²) in [4.78, 5) is 31.6. The van der Waals surface area contributed by atoms with E-state index in [9.17, 15) is 9.59 Å². The Kier molecular flexibility index (Phi) is 5.55. The van der Waals surface area contributed by atoms with E-state index in [-0.39, 0.29) is 19.0 Å². The molecule has 0 saturated heterocycles. The largest absolute Gasteiger partial charge is 0.463 e. The van der Waals surface area contributed by atoms with E-state index in [1.807, 2.05) is 24.3 Å². The molecule has 0 unspecified atom stereocenters. The zero-order valence-corrected chi connectivity index (χ0v) is 19.4. The Bertz CT molecular complexity index is 1490. The first-order valence-corrected chi connectivity index (χ1v) is 11.5. The number of rotatable bonds is 4. The molecule has 1 aromatic heterocycles. The summed E-state index contributed by atoms with van der Waals surface area (Å²) >= 11 is 7.55. The molecule has 3 aromatic rings. The van der Waals surface area contributed by atoms with Crippen LogP contribution in [0.3, 0.4) is 0 Å². The van der Waals surface area contributed by atoms with Crippen LogP contribution in [0.5, 0.6) is 11.5 Å². The molecule has 1 atom stereocenters. The van der Waals surface area contributed by atoms with E-state index in [4.69, 9.17) is 25.8 Å². The van der Waals surface area contributed by atoms with Gasteiger partial charge in [0.25, 0.3) is 5.56 Å². The predicted octanol–water partition coefficient (Wildman–Crippen LogP) is 3.18. The second kappa shape index (κ2) is 8.53. The molecule has 9 heteroatoms. The fourth-order valence-corrected chi connectivity index (χ4v) is 5.15. The molecule has 2 aliphatic rings. The predicted molar refractivity (Wildman–Crippen MR) is 124 cm³/mol. The number of aromatic nitrogens is 1. The van der Waals surface area contributed by atoms with Crippen molar-refractivity contribution in [3.05, 3.63) is 89.6 Å². The van der Waals surface area contributed by atoms with Crippen LogP contribution >= 0.6 is 22.9 Å². The SMILES string of the molecule is CCOC(=O)C1=C(C)N=c2s/c(=C/c3ccccc3Cl)c(=O)n2[C@@H]1c1ccc2c(c1)OCO2. The normalized spacial score (nSPS) is 17.1. The molecule has 0 amide bonds. The average Bonchev–Trinajstić information content (AvgIpc) is 3.38. The highest BCUT2D eigenvalue weighted by Gasteiger charge is 2.34. The van der Waals surface area contributed by atoms with E-state index >= 15 is 0 Å². The fourth-order valence-electron chi connectivity index (χ4n) is 3.92. The number of hydrogen-bond donors (Lipinski definition) is 0. The number of carbonyl (C=O) groups excluding carboxylic acids is 1. The lowest BCUT2D eigenvalue weighted by atomic mass is 9.95. The molecule has 2 aromatic carbocycles. The van der Waals surface area contributed by atoms with Gasteiger partial charge in [-0.25, -0.2) is 9.79 Å². The zero-order chi connectivity index (χ0) is 23.1. The minimum atomic E-state index is -0.719. The van der Waals surface area contributed by atoms with Gasteiger partial charge in [-0.1, -0.05) is 47.2 Å². The highest BCUT2D eigenvalue weighted by Crippen LogP contribution is 2.38. The van der Waals surface area contributed by atoms with Crippen molar-refractivity contribution < 1.29 is 19.0 Å². The van der Waals surface area contributed by atoms with E-state index < -0.39 is 12.0 Å². The molecule has 0 radical (unpaired) electrons. The summed E-state index contributed by atoms with van der Waals surface area (Å²) in [7, 11) is 0. The minimum absolute atomic E-state index is 0.124. The number of carbonyl (C=O) groups is 1. The number of esters is 1. The van der Waals surface area contributed by atoms with Crippen molar-refractivity contribution in [3.63, 3.8) is 0 Å². The summed E-state index contributed by atoms with van der Waals surface area (Å²) in [5.41, 5.74) is 1.97. The first-order chi connectivity index (χ1) is 16.0. The van der Waals surface area contributed by atoms with Crippen molar-refractivity contribution in [3.8, 4) is 11.5 Å². The van der Waals surface area contributed by atoms with Gasteiger partial charge >= 0.3 is 5.97 Å². The topological polar surface area (TPSA) is 79.1 Å². The molecule has 0 fully saturated rings. The molecule has 0 N–H and O–H groups in total. The number of fused-ring (bicyclic) bond motifs is 2. The van der Waals surface area contributed by atoms with Gasteiger partial charge in [0.05, 0.1) is 28.5 Å². The smallest absolute Gasteiger partial charge is 0.338 e. The third kappa shape index (κ3) is 3.75. The van der Waals surface area contributed by atoms with Gasteiger partial charge in [0.1, 0.15) is 0 Å². The van der Waals surface area contributed by atoms with Crippen LogP contribution in [0.1, 0.15) is 31.0 Å². The Morgan fingerprint density at radius 2 is 2.06 bits per heavy atom. The van der Waals surface area contributed by atoms with Crippen molar-refractivity contribution in [1.82, 2.24) is 4.57 Å². The number of benzene rings is 2. The van der Waals surface area contributed by atoms with Crippen LogP contribution in [0, 0.1) is 0 Å². The highest BCUT2D eigenvalue weighted by molar-refractivity contribution is 7.07. The molecular formula is C24H19ClN2O5S. The Balaban J connectivity index is 1.74. The van der Waals surface area contributed by atoms with E-state index in [0.29, 0.717) is 42.7 Å². The summed E-state index contributed by atoms with van der Waals surface area (Å²) in [6.07, 6.45) is 1.74. The van der Waals surface area contributed by atoms with E-state index in [1.165, 1.54) is 15.9 Å². The maximum atomic E-state index is 13.6. The van der Waals surface area contributed by atoms with Crippen LogP contribution in [0.4, 0.5) is 0 Å². The highest BCUT2D eigenvalue weighted by atomic mass is 35.5. The maximum absolute atomic E-state index is 13.6. The third-order valence-electron chi connectivity index (χ3n) is 5.42. The molecule has 3 heterocycles. The molecule has 7 nitrogen and oxygen atoms in total. The zero-order valence-electron chi connectivity index (χ0n) is 17.8. The Labute approximate surface area is 197 Å². The molecule has 0 saturated carbocycles. The lowest BCUT2D eigenvalue weighted by Crippen LogP contribution is -2.39. The van der Waals surface area contributed by atoms with Gasteiger partial charge in [-0.15, -0.1) is 0 Å². The molecule has 0 spiro atoms. The van der Waals surface area contributed by atoms with Gasteiger partial charge in [0, 0.05) is 5.02 Å². The average molecular weight is 483 g/mol. The van der Waals surface area contributed by atoms with Crippen LogP contribution in [-0.2, 0) is 9.53 Å². The minimum Gasteiger partial charge on any atom is -0.463 e. The molecule has 0 aliphatic carbocycles. The maximum Gasteiger partial charge on any atom is 0.338 e. The molecule has 5 rings (SSSR count). The van der Waals surface area contributed by atoms with Crippen molar-refractivity contribution >= 4 is 35.0 Å². The van der Waals surface area contributed by atoms with Crippen LogP contribution in [-0.4, -0.2) is 23.9 Å². The van der Waals surface area contributed by atoms with Gasteiger partial charge in [0.2, 0.25) is 6.79 Å². The lowest BCUT2D eigenvalue weighted by molar-refractivity contribution is -0.139. The van der Waals surface area contributed by atoms with Crippen molar-refractivity contribution in [2.24, 2.45) is 4.99 Å². The summed E-state index contributed by atoms with van der Waals surface area (Å²) < 4.78 is 18.3. The van der Waals surface area contributed by atoms with Crippen molar-refractivity contribution in [2.45, 2.75) is 19.9 Å². The summed E-state index contributed by atoms with van der Waals surface area (Å²) in [5, 5.41) is 0.541. The van der Waals surface area contributed by atoms with E-state index in [2.05, 4.69) is 4.99 Å². The van der Waals surface area contributed by atoms with Gasteiger partial charge in [-0.05, 0) is 49.2 Å². The van der Waals surface area contributed by atoms with Gasteiger partial charge in [0.15, 0.2) is 16.3 Å². The van der Waals surface area contributed by atoms with Crippen LogP contribution in [0.2, 0.25) is 5.02 Å². The standard InChI is InChI=1S/C24H19ClN2O5S/c1-3-30-23(29)20-13(2)26-24-27(21(20)15-8-9-17-18(10-15)32-12-31-17)22(28)19(33-24)11-14-6-4-5-7-16(14)25/h4-11,21H,3,12H2,1-2H3/b19-11+/t21-/m1/s1. The van der Waals surface area contributed by atoms with Gasteiger partial charge in [-0.2, -0.15) is 0 Å². The summed E-state index contributed by atoms with van der Waals surface area (Å²) in [6.45, 7) is 3.82. The van der Waals surface area contributed by atoms with Crippen LogP contribution in [0.15, 0.2) is 63.5 Å². The number of allylic oxidation sites excluding steroid dienone is 1. The Morgan fingerprint density at radius 3 is 2.85 bits per heavy atom. The number of nitrogens with zero attached hydrogens (tertiary/aromatic N) is 2. The van der Waals surface area contributed by atoms with Gasteiger partial charge < -0.3 is 14.2 Å². The van der Waals surface area contributed by atoms with Crippen LogP contribution in [0.25, 0.3) is 6.08 Å². The molecular weight excluding hydrogens is 464 g/mol. The summed E-state index contributed by atoms with van der Waals surface area (Å²) in [6, 6.07) is 12.0. The third-order valence-corrected chi connectivity index (χ3v) is 6.75. The second-order valence-electron chi connectivity index (χ2n) is 7.44. The number of ether oxygens (including phenoxy) is 3.